The van der Waals surface area contributed by atoms with E-state index in [1.165, 1.54) is 12.1 Å². The maximum absolute atomic E-state index is 13.5. The van der Waals surface area contributed by atoms with E-state index in [4.69, 9.17) is 4.74 Å². The lowest BCUT2D eigenvalue weighted by molar-refractivity contribution is 0.0526. The van der Waals surface area contributed by atoms with Gasteiger partial charge in [0.15, 0.2) is 11.6 Å². The molecule has 1 saturated heterocycles. The van der Waals surface area contributed by atoms with Crippen LogP contribution in [-0.4, -0.2) is 40.7 Å². The number of nitrogens with zero attached hydrogens (tertiary/aromatic N) is 1. The van der Waals surface area contributed by atoms with Crippen LogP contribution in [0.3, 0.4) is 0 Å². The molecule has 1 aromatic heterocycles. The smallest absolute Gasteiger partial charge is 0.340 e. The van der Waals surface area contributed by atoms with Gasteiger partial charge in [-0.25, -0.2) is 9.18 Å². The minimum atomic E-state index is -0.711. The van der Waals surface area contributed by atoms with Crippen molar-refractivity contribution in [1.82, 2.24) is 9.88 Å². The van der Waals surface area contributed by atoms with Crippen LogP contribution in [-0.2, 0) is 11.3 Å². The average molecular weight is 306 g/mol. The van der Waals surface area contributed by atoms with Crippen molar-refractivity contribution in [2.75, 3.05) is 19.7 Å². The quantitative estimate of drug-likeness (QED) is 0.853. The number of benzene rings is 1. The van der Waals surface area contributed by atoms with Crippen LogP contribution < -0.4 is 0 Å². The highest BCUT2D eigenvalue weighted by Crippen LogP contribution is 2.30. The highest BCUT2D eigenvalue weighted by atomic mass is 19.1. The molecule has 118 valence electrons. The molecule has 1 fully saturated rings. The summed E-state index contributed by atoms with van der Waals surface area (Å²) in [5.41, 5.74) is 1.59. The number of carbonyl (C=O) groups is 1. The first-order chi connectivity index (χ1) is 10.6. The molecular formula is C16H19FN2O3. The second kappa shape index (κ2) is 5.96. The SMILES string of the molecule is CCOC(=O)c1c(CN2CCCC2)[nH]c2cc(F)c(O)cc12. The number of rotatable bonds is 4. The van der Waals surface area contributed by atoms with Crippen molar-refractivity contribution >= 4 is 16.9 Å². The summed E-state index contributed by atoms with van der Waals surface area (Å²) < 4.78 is 18.7. The molecule has 2 aromatic rings. The minimum absolute atomic E-state index is 0.266. The van der Waals surface area contributed by atoms with E-state index in [-0.39, 0.29) is 6.61 Å². The zero-order valence-corrected chi connectivity index (χ0v) is 12.5. The van der Waals surface area contributed by atoms with Gasteiger partial charge in [-0.3, -0.25) is 4.90 Å². The van der Waals surface area contributed by atoms with E-state index < -0.39 is 17.5 Å². The number of esters is 1. The summed E-state index contributed by atoms with van der Waals surface area (Å²) in [6, 6.07) is 2.49. The monoisotopic (exact) mass is 306 g/mol. The highest BCUT2D eigenvalue weighted by molar-refractivity contribution is 6.06. The summed E-state index contributed by atoms with van der Waals surface area (Å²) >= 11 is 0. The second-order valence-corrected chi connectivity index (χ2v) is 5.53. The Hall–Kier alpha value is -2.08. The fraction of sp³-hybridized carbons (Fsp3) is 0.438. The van der Waals surface area contributed by atoms with Crippen LogP contribution in [0.5, 0.6) is 5.75 Å². The number of ether oxygens (including phenoxy) is 1. The molecule has 0 bridgehead atoms. The standard InChI is InChI=1S/C16H19FN2O3/c1-2-22-16(21)15-10-7-14(20)11(17)8-12(10)18-13(15)9-19-5-3-4-6-19/h7-8,18,20H,2-6,9H2,1H3. The number of aromatic amines is 1. The van der Waals surface area contributed by atoms with Gasteiger partial charge in [-0.15, -0.1) is 0 Å². The van der Waals surface area contributed by atoms with Crippen LogP contribution in [0.25, 0.3) is 10.9 Å². The Morgan fingerprint density at radius 3 is 2.82 bits per heavy atom. The first kappa shape index (κ1) is 14.8. The lowest BCUT2D eigenvalue weighted by Gasteiger charge is -2.14. The molecule has 0 atom stereocenters. The highest BCUT2D eigenvalue weighted by Gasteiger charge is 2.23. The van der Waals surface area contributed by atoms with Gasteiger partial charge in [0.1, 0.15) is 0 Å². The van der Waals surface area contributed by atoms with Gasteiger partial charge in [-0.2, -0.15) is 0 Å². The maximum atomic E-state index is 13.5. The Bertz CT molecular complexity index is 705. The number of phenols is 1. The number of H-pyrrole nitrogens is 1. The molecular weight excluding hydrogens is 287 g/mol. The van der Waals surface area contributed by atoms with E-state index >= 15 is 0 Å². The number of nitrogens with one attached hydrogen (secondary N) is 1. The predicted molar refractivity (Wildman–Crippen MR) is 80.4 cm³/mol. The third kappa shape index (κ3) is 2.66. The fourth-order valence-corrected chi connectivity index (χ4v) is 2.98. The van der Waals surface area contributed by atoms with Crippen LogP contribution in [0.4, 0.5) is 4.39 Å². The van der Waals surface area contributed by atoms with Crippen molar-refractivity contribution in [2.45, 2.75) is 26.3 Å². The largest absolute Gasteiger partial charge is 0.505 e. The Labute approximate surface area is 127 Å². The number of aromatic nitrogens is 1. The molecule has 0 radical (unpaired) electrons. The van der Waals surface area contributed by atoms with E-state index in [0.29, 0.717) is 28.7 Å². The zero-order chi connectivity index (χ0) is 15.7. The van der Waals surface area contributed by atoms with Crippen molar-refractivity contribution in [3.63, 3.8) is 0 Å². The number of hydrogen-bond acceptors (Lipinski definition) is 4. The van der Waals surface area contributed by atoms with E-state index in [1.54, 1.807) is 6.92 Å². The van der Waals surface area contributed by atoms with Crippen molar-refractivity contribution < 1.29 is 19.0 Å². The molecule has 1 aliphatic rings. The van der Waals surface area contributed by atoms with Crippen LogP contribution in [0.1, 0.15) is 35.8 Å². The predicted octanol–water partition coefficient (Wildman–Crippen LogP) is 2.79. The lowest BCUT2D eigenvalue weighted by atomic mass is 10.1. The number of phenolic OH excluding ortho intramolecular Hbond substituents is 1. The Morgan fingerprint density at radius 1 is 1.41 bits per heavy atom. The van der Waals surface area contributed by atoms with Gasteiger partial charge in [-0.1, -0.05) is 0 Å². The summed E-state index contributed by atoms with van der Waals surface area (Å²) in [6.07, 6.45) is 2.29. The summed E-state index contributed by atoms with van der Waals surface area (Å²) in [4.78, 5) is 17.6. The molecule has 5 nitrogen and oxygen atoms in total. The molecule has 0 saturated carbocycles. The van der Waals surface area contributed by atoms with Crippen LogP contribution >= 0.6 is 0 Å². The molecule has 3 rings (SSSR count). The third-order valence-corrected chi connectivity index (χ3v) is 4.00. The lowest BCUT2D eigenvalue weighted by Crippen LogP contribution is -2.20. The summed E-state index contributed by atoms with van der Waals surface area (Å²) in [6.45, 7) is 4.56. The average Bonchev–Trinajstić information content (AvgIpc) is 3.08. The molecule has 1 aliphatic heterocycles. The molecule has 0 unspecified atom stereocenters. The van der Waals surface area contributed by atoms with Crippen molar-refractivity contribution in [2.24, 2.45) is 0 Å². The first-order valence-electron chi connectivity index (χ1n) is 7.52. The van der Waals surface area contributed by atoms with Crippen LogP contribution in [0.2, 0.25) is 0 Å². The van der Waals surface area contributed by atoms with Gasteiger partial charge >= 0.3 is 5.97 Å². The van der Waals surface area contributed by atoms with Gasteiger partial charge in [0.2, 0.25) is 0 Å². The van der Waals surface area contributed by atoms with E-state index in [1.807, 2.05) is 0 Å². The molecule has 2 N–H and O–H groups in total. The van der Waals surface area contributed by atoms with Crippen LogP contribution in [0.15, 0.2) is 12.1 Å². The summed E-state index contributed by atoms with van der Waals surface area (Å²) in [5.74, 6) is -1.63. The Balaban J connectivity index is 2.07. The maximum Gasteiger partial charge on any atom is 0.340 e. The summed E-state index contributed by atoms with van der Waals surface area (Å²) in [5, 5.41) is 10.1. The van der Waals surface area contributed by atoms with Crippen molar-refractivity contribution in [1.29, 1.82) is 0 Å². The molecule has 1 aromatic carbocycles. The van der Waals surface area contributed by atoms with E-state index in [2.05, 4.69) is 9.88 Å². The molecule has 22 heavy (non-hydrogen) atoms. The number of hydrogen-bond donors (Lipinski definition) is 2. The van der Waals surface area contributed by atoms with E-state index in [0.717, 1.165) is 25.9 Å². The van der Waals surface area contributed by atoms with Crippen molar-refractivity contribution in [3.05, 3.63) is 29.2 Å². The zero-order valence-electron chi connectivity index (χ0n) is 12.5. The van der Waals surface area contributed by atoms with Crippen molar-refractivity contribution in [3.8, 4) is 5.75 Å². The Morgan fingerprint density at radius 2 is 2.14 bits per heavy atom. The molecule has 0 amide bonds. The third-order valence-electron chi connectivity index (χ3n) is 4.00. The van der Waals surface area contributed by atoms with Gasteiger partial charge < -0.3 is 14.8 Å². The Kier molecular flexibility index (Phi) is 4.02. The summed E-state index contributed by atoms with van der Waals surface area (Å²) in [7, 11) is 0. The number of carbonyl (C=O) groups excluding carboxylic acids is 1. The van der Waals surface area contributed by atoms with E-state index in [9.17, 15) is 14.3 Å². The molecule has 2 heterocycles. The van der Waals surface area contributed by atoms with Gasteiger partial charge in [-0.05, 0) is 38.9 Å². The number of fused-ring (bicyclic) bond motifs is 1. The first-order valence-corrected chi connectivity index (χ1v) is 7.52. The molecule has 0 spiro atoms. The topological polar surface area (TPSA) is 65.6 Å². The van der Waals surface area contributed by atoms with Gasteiger partial charge in [0.25, 0.3) is 0 Å². The molecule has 6 heteroatoms. The number of aromatic hydroxyl groups is 1. The second-order valence-electron chi connectivity index (χ2n) is 5.53. The van der Waals surface area contributed by atoms with Gasteiger partial charge in [0, 0.05) is 29.2 Å². The number of likely N-dealkylation sites (tertiary alicyclic amines) is 1. The van der Waals surface area contributed by atoms with Crippen LogP contribution in [0, 0.1) is 5.82 Å². The minimum Gasteiger partial charge on any atom is -0.505 e. The number of halogens is 1. The molecule has 0 aliphatic carbocycles. The normalized spacial score (nSPS) is 15.5. The fourth-order valence-electron chi connectivity index (χ4n) is 2.98. The van der Waals surface area contributed by atoms with Gasteiger partial charge in [0.05, 0.1) is 12.2 Å².